The number of nitrogens with two attached hydrogens (primary N) is 1. The van der Waals surface area contributed by atoms with Crippen molar-refractivity contribution in [3.63, 3.8) is 0 Å². The third-order valence-corrected chi connectivity index (χ3v) is 1.86. The number of hydrogen-bond donors (Lipinski definition) is 3. The van der Waals surface area contributed by atoms with E-state index in [1.165, 1.54) is 6.07 Å². The van der Waals surface area contributed by atoms with Crippen molar-refractivity contribution < 1.29 is 19.1 Å². The van der Waals surface area contributed by atoms with E-state index in [-0.39, 0.29) is 17.1 Å². The lowest BCUT2D eigenvalue weighted by molar-refractivity contribution is 0.378. The Bertz CT molecular complexity index is 487. The van der Waals surface area contributed by atoms with E-state index >= 15 is 0 Å². The maximum absolute atomic E-state index is 13.0. The summed E-state index contributed by atoms with van der Waals surface area (Å²) in [5, 5.41) is 21.6. The molecule has 15 heavy (non-hydrogen) atoms. The maximum Gasteiger partial charge on any atom is 0.194 e. The van der Waals surface area contributed by atoms with Crippen molar-refractivity contribution in [2.45, 2.75) is 0 Å². The van der Waals surface area contributed by atoms with Crippen LogP contribution in [-0.4, -0.2) is 15.4 Å². The molecule has 0 saturated heterocycles. The zero-order chi connectivity index (χ0) is 11.0. The molecule has 0 radical (unpaired) electrons. The van der Waals surface area contributed by atoms with Gasteiger partial charge in [0, 0.05) is 11.6 Å². The number of rotatable bonds is 1. The van der Waals surface area contributed by atoms with Gasteiger partial charge in [-0.15, -0.1) is 0 Å². The number of aromatic nitrogens is 1. The molecule has 0 aliphatic heterocycles. The first-order chi connectivity index (χ1) is 7.08. The average molecular weight is 210 g/mol. The Labute approximate surface area is 83.5 Å². The maximum atomic E-state index is 13.0. The largest absolute Gasteiger partial charge is 0.504 e. The van der Waals surface area contributed by atoms with Crippen molar-refractivity contribution in [1.29, 1.82) is 0 Å². The minimum atomic E-state index is -0.944. The third-order valence-electron chi connectivity index (χ3n) is 1.86. The van der Waals surface area contributed by atoms with Crippen LogP contribution in [0.5, 0.6) is 11.5 Å². The second-order valence-electron chi connectivity index (χ2n) is 2.94. The van der Waals surface area contributed by atoms with Gasteiger partial charge < -0.3 is 20.5 Å². The van der Waals surface area contributed by atoms with E-state index < -0.39 is 17.3 Å². The Kier molecular flexibility index (Phi) is 1.96. The minimum absolute atomic E-state index is 0.151. The fraction of sp³-hybridized carbons (Fsp3) is 0. The highest BCUT2D eigenvalue weighted by Crippen LogP contribution is 2.33. The van der Waals surface area contributed by atoms with Crippen molar-refractivity contribution in [1.82, 2.24) is 5.16 Å². The predicted molar refractivity (Wildman–Crippen MR) is 49.6 cm³/mol. The lowest BCUT2D eigenvalue weighted by atomic mass is 10.1. The molecule has 1 aromatic heterocycles. The topological polar surface area (TPSA) is 92.5 Å². The summed E-state index contributed by atoms with van der Waals surface area (Å²) < 4.78 is 17.8. The summed E-state index contributed by atoms with van der Waals surface area (Å²) >= 11 is 0. The van der Waals surface area contributed by atoms with Crippen LogP contribution in [0.15, 0.2) is 22.7 Å². The summed E-state index contributed by atoms with van der Waals surface area (Å²) in [6.45, 7) is 0. The predicted octanol–water partition coefficient (Wildman–Crippen LogP) is 1.47. The molecule has 0 saturated carbocycles. The van der Waals surface area contributed by atoms with Crippen molar-refractivity contribution >= 4 is 5.82 Å². The molecule has 0 fully saturated rings. The molecule has 1 heterocycles. The fourth-order valence-electron chi connectivity index (χ4n) is 1.15. The van der Waals surface area contributed by atoms with Crippen LogP contribution in [0.2, 0.25) is 0 Å². The van der Waals surface area contributed by atoms with Gasteiger partial charge >= 0.3 is 0 Å². The van der Waals surface area contributed by atoms with Crippen LogP contribution in [-0.2, 0) is 0 Å². The number of phenolic OH excluding ortho intramolecular Hbond substituents is 2. The molecule has 6 heteroatoms. The van der Waals surface area contributed by atoms with E-state index in [1.54, 1.807) is 0 Å². The van der Waals surface area contributed by atoms with Crippen LogP contribution < -0.4 is 5.73 Å². The molecule has 0 spiro atoms. The molecular formula is C9H7FN2O3. The number of halogens is 1. The van der Waals surface area contributed by atoms with Crippen LogP contribution >= 0.6 is 0 Å². The number of nitrogens with zero attached hydrogens (tertiary/aromatic N) is 1. The highest BCUT2D eigenvalue weighted by Gasteiger charge is 2.12. The second-order valence-corrected chi connectivity index (χ2v) is 2.94. The van der Waals surface area contributed by atoms with Crippen LogP contribution in [0.4, 0.5) is 10.2 Å². The van der Waals surface area contributed by atoms with Gasteiger partial charge in [0.05, 0.1) is 0 Å². The minimum Gasteiger partial charge on any atom is -0.504 e. The van der Waals surface area contributed by atoms with Gasteiger partial charge in [-0.25, -0.2) is 4.39 Å². The SMILES string of the molecule is Nc1cc(-c2cc(O)c(O)c(F)c2)on1. The lowest BCUT2D eigenvalue weighted by Gasteiger charge is -2.01. The van der Waals surface area contributed by atoms with E-state index in [0.29, 0.717) is 0 Å². The number of benzene rings is 1. The Morgan fingerprint density at radius 3 is 2.53 bits per heavy atom. The van der Waals surface area contributed by atoms with Crippen molar-refractivity contribution in [3.05, 3.63) is 24.0 Å². The lowest BCUT2D eigenvalue weighted by Crippen LogP contribution is -1.81. The Morgan fingerprint density at radius 2 is 2.00 bits per heavy atom. The van der Waals surface area contributed by atoms with Gasteiger partial charge in [-0.2, -0.15) is 0 Å². The molecule has 0 aliphatic carbocycles. The van der Waals surface area contributed by atoms with Gasteiger partial charge in [0.15, 0.2) is 28.9 Å². The van der Waals surface area contributed by atoms with Gasteiger partial charge in [0.2, 0.25) is 0 Å². The molecule has 5 nitrogen and oxygen atoms in total. The Morgan fingerprint density at radius 1 is 1.27 bits per heavy atom. The van der Waals surface area contributed by atoms with Crippen molar-refractivity contribution in [3.8, 4) is 22.8 Å². The van der Waals surface area contributed by atoms with Gasteiger partial charge in [-0.1, -0.05) is 5.16 Å². The van der Waals surface area contributed by atoms with Crippen molar-refractivity contribution in [2.24, 2.45) is 0 Å². The molecular weight excluding hydrogens is 203 g/mol. The smallest absolute Gasteiger partial charge is 0.194 e. The van der Waals surface area contributed by atoms with E-state index in [4.69, 9.17) is 20.5 Å². The number of aromatic hydroxyl groups is 2. The summed E-state index contributed by atoms with van der Waals surface area (Å²) in [6.07, 6.45) is 0. The third kappa shape index (κ3) is 1.56. The molecule has 0 amide bonds. The highest BCUT2D eigenvalue weighted by molar-refractivity contribution is 5.64. The summed E-state index contributed by atoms with van der Waals surface area (Å²) in [7, 11) is 0. The summed E-state index contributed by atoms with van der Waals surface area (Å²) in [5.41, 5.74) is 5.55. The van der Waals surface area contributed by atoms with Crippen LogP contribution in [0, 0.1) is 5.82 Å². The number of hydrogen-bond acceptors (Lipinski definition) is 5. The first-order valence-corrected chi connectivity index (χ1v) is 4.02. The molecule has 2 aromatic rings. The molecule has 2 rings (SSSR count). The Hall–Kier alpha value is -2.24. The van der Waals surface area contributed by atoms with Crippen LogP contribution in [0.25, 0.3) is 11.3 Å². The normalized spacial score (nSPS) is 10.5. The number of nitrogen functional groups attached to an aromatic ring is 1. The molecule has 78 valence electrons. The molecule has 0 unspecified atom stereocenters. The first kappa shape index (κ1) is 9.32. The average Bonchev–Trinajstić information content (AvgIpc) is 2.60. The van der Waals surface area contributed by atoms with Gasteiger partial charge in [0.25, 0.3) is 0 Å². The Balaban J connectivity index is 2.55. The monoisotopic (exact) mass is 210 g/mol. The summed E-state index contributed by atoms with van der Waals surface area (Å²) in [5.74, 6) is -1.95. The molecule has 0 aliphatic rings. The highest BCUT2D eigenvalue weighted by atomic mass is 19.1. The van der Waals surface area contributed by atoms with E-state index in [0.717, 1.165) is 12.1 Å². The van der Waals surface area contributed by atoms with Gasteiger partial charge in [-0.3, -0.25) is 0 Å². The molecule has 0 bridgehead atoms. The van der Waals surface area contributed by atoms with Crippen LogP contribution in [0.1, 0.15) is 0 Å². The first-order valence-electron chi connectivity index (χ1n) is 4.02. The number of anilines is 1. The molecule has 1 aromatic carbocycles. The number of phenols is 2. The van der Waals surface area contributed by atoms with E-state index in [1.807, 2.05) is 0 Å². The zero-order valence-corrected chi connectivity index (χ0v) is 7.44. The van der Waals surface area contributed by atoms with E-state index in [2.05, 4.69) is 5.16 Å². The van der Waals surface area contributed by atoms with Gasteiger partial charge in [-0.05, 0) is 12.1 Å². The van der Waals surface area contributed by atoms with Crippen LogP contribution in [0.3, 0.4) is 0 Å². The molecule has 4 N–H and O–H groups in total. The zero-order valence-electron chi connectivity index (χ0n) is 7.44. The molecule has 0 atom stereocenters. The van der Waals surface area contributed by atoms with E-state index in [9.17, 15) is 4.39 Å². The van der Waals surface area contributed by atoms with Crippen molar-refractivity contribution in [2.75, 3.05) is 5.73 Å². The van der Waals surface area contributed by atoms with Gasteiger partial charge in [0.1, 0.15) is 0 Å². The quantitative estimate of drug-likeness (QED) is 0.620. The standard InChI is InChI=1S/C9H7FN2O3/c10-5-1-4(2-6(13)9(5)14)7-3-8(11)12-15-7/h1-3,13-14H,(H2,11,12). The second kappa shape index (κ2) is 3.16. The summed E-state index contributed by atoms with van der Waals surface area (Å²) in [4.78, 5) is 0. The fourth-order valence-corrected chi connectivity index (χ4v) is 1.15. The summed E-state index contributed by atoms with van der Waals surface area (Å²) in [6, 6.07) is 3.54.